The van der Waals surface area contributed by atoms with Gasteiger partial charge in [0.1, 0.15) is 5.82 Å². The summed E-state index contributed by atoms with van der Waals surface area (Å²) in [7, 11) is 1.89. The molecule has 0 amide bonds. The first kappa shape index (κ1) is 9.52. The molecule has 2 rings (SSSR count). The van der Waals surface area contributed by atoms with Crippen LogP contribution < -0.4 is 5.32 Å². The van der Waals surface area contributed by atoms with Gasteiger partial charge in [-0.25, -0.2) is 0 Å². The molecule has 2 N–H and O–H groups in total. The number of anilines is 1. The molecule has 78 valence electrons. The Morgan fingerprint density at radius 1 is 1.64 bits per heavy atom. The van der Waals surface area contributed by atoms with E-state index in [9.17, 15) is 5.11 Å². The number of rotatable bonds is 2. The minimum atomic E-state index is -0.191. The van der Waals surface area contributed by atoms with Gasteiger partial charge in [-0.3, -0.25) is 4.68 Å². The van der Waals surface area contributed by atoms with E-state index in [0.29, 0.717) is 6.04 Å². The van der Waals surface area contributed by atoms with Crippen molar-refractivity contribution in [1.82, 2.24) is 9.78 Å². The third-order valence-corrected chi connectivity index (χ3v) is 3.25. The van der Waals surface area contributed by atoms with Gasteiger partial charge >= 0.3 is 0 Å². The van der Waals surface area contributed by atoms with Gasteiger partial charge in [0.05, 0.1) is 6.10 Å². The smallest absolute Gasteiger partial charge is 0.148 e. The van der Waals surface area contributed by atoms with Gasteiger partial charge in [-0.1, -0.05) is 13.8 Å². The molecule has 1 heterocycles. The van der Waals surface area contributed by atoms with Gasteiger partial charge in [0.2, 0.25) is 0 Å². The summed E-state index contributed by atoms with van der Waals surface area (Å²) < 4.78 is 1.77. The molecule has 2 unspecified atom stereocenters. The quantitative estimate of drug-likeness (QED) is 0.740. The SMILES string of the molecule is Cn1ccc(NC2CC(O)C2(C)C)n1. The van der Waals surface area contributed by atoms with E-state index in [1.165, 1.54) is 0 Å². The van der Waals surface area contributed by atoms with Crippen molar-refractivity contribution in [3.05, 3.63) is 12.3 Å². The molecule has 4 heteroatoms. The lowest BCUT2D eigenvalue weighted by atomic mass is 9.64. The van der Waals surface area contributed by atoms with Gasteiger partial charge in [0.25, 0.3) is 0 Å². The van der Waals surface area contributed by atoms with E-state index in [1.54, 1.807) is 4.68 Å². The third-order valence-electron chi connectivity index (χ3n) is 3.25. The summed E-state index contributed by atoms with van der Waals surface area (Å²) in [5.41, 5.74) is -0.0441. The van der Waals surface area contributed by atoms with Crippen molar-refractivity contribution in [3.63, 3.8) is 0 Å². The van der Waals surface area contributed by atoms with Crippen LogP contribution in [0.2, 0.25) is 0 Å². The summed E-state index contributed by atoms with van der Waals surface area (Å²) in [4.78, 5) is 0. The van der Waals surface area contributed by atoms with Crippen molar-refractivity contribution in [2.24, 2.45) is 12.5 Å². The third kappa shape index (κ3) is 1.39. The van der Waals surface area contributed by atoms with Crippen LogP contribution in [0.4, 0.5) is 5.82 Å². The predicted molar refractivity (Wildman–Crippen MR) is 55.0 cm³/mol. The van der Waals surface area contributed by atoms with Gasteiger partial charge < -0.3 is 10.4 Å². The Bertz CT molecular complexity index is 332. The molecule has 1 aliphatic carbocycles. The number of hydrogen-bond acceptors (Lipinski definition) is 3. The molecule has 0 spiro atoms. The Hall–Kier alpha value is -1.03. The molecule has 0 saturated heterocycles. The van der Waals surface area contributed by atoms with Crippen LogP contribution in [0.25, 0.3) is 0 Å². The molecule has 0 radical (unpaired) electrons. The van der Waals surface area contributed by atoms with Crippen molar-refractivity contribution >= 4 is 5.82 Å². The fraction of sp³-hybridized carbons (Fsp3) is 0.700. The summed E-state index contributed by atoms with van der Waals surface area (Å²) in [5.74, 6) is 0.887. The Balaban J connectivity index is 2.00. The molecule has 4 nitrogen and oxygen atoms in total. The molecule has 0 aliphatic heterocycles. The molecular formula is C10H17N3O. The Kier molecular flexibility index (Phi) is 2.03. The number of aromatic nitrogens is 2. The first-order valence-electron chi connectivity index (χ1n) is 4.94. The van der Waals surface area contributed by atoms with Crippen LogP contribution in [-0.2, 0) is 7.05 Å². The molecular weight excluding hydrogens is 178 g/mol. The van der Waals surface area contributed by atoms with Crippen molar-refractivity contribution in [3.8, 4) is 0 Å². The van der Waals surface area contributed by atoms with Crippen LogP contribution in [-0.4, -0.2) is 27.0 Å². The maximum Gasteiger partial charge on any atom is 0.148 e. The van der Waals surface area contributed by atoms with Gasteiger partial charge in [-0.2, -0.15) is 5.10 Å². The predicted octanol–water partition coefficient (Wildman–Crippen LogP) is 0.991. The minimum absolute atomic E-state index is 0.0441. The first-order valence-corrected chi connectivity index (χ1v) is 4.94. The zero-order valence-electron chi connectivity index (χ0n) is 8.86. The van der Waals surface area contributed by atoms with E-state index >= 15 is 0 Å². The van der Waals surface area contributed by atoms with E-state index in [0.717, 1.165) is 12.2 Å². The lowest BCUT2D eigenvalue weighted by Crippen LogP contribution is -2.56. The highest BCUT2D eigenvalue weighted by atomic mass is 16.3. The largest absolute Gasteiger partial charge is 0.392 e. The second-order valence-electron chi connectivity index (χ2n) is 4.64. The lowest BCUT2D eigenvalue weighted by Gasteiger charge is -2.49. The normalized spacial score (nSPS) is 29.7. The summed E-state index contributed by atoms with van der Waals surface area (Å²) in [6.07, 6.45) is 2.53. The molecule has 14 heavy (non-hydrogen) atoms. The average Bonchev–Trinajstić information content (AvgIpc) is 2.51. The summed E-state index contributed by atoms with van der Waals surface area (Å²) in [5, 5.41) is 17.1. The zero-order chi connectivity index (χ0) is 10.3. The van der Waals surface area contributed by atoms with Crippen LogP contribution in [0.15, 0.2) is 12.3 Å². The van der Waals surface area contributed by atoms with E-state index in [2.05, 4.69) is 24.3 Å². The highest BCUT2D eigenvalue weighted by Gasteiger charge is 2.47. The number of nitrogens with one attached hydrogen (secondary N) is 1. The zero-order valence-corrected chi connectivity index (χ0v) is 8.86. The Morgan fingerprint density at radius 3 is 2.79 bits per heavy atom. The molecule has 1 aromatic rings. The highest BCUT2D eigenvalue weighted by Crippen LogP contribution is 2.41. The maximum atomic E-state index is 9.56. The van der Waals surface area contributed by atoms with Crippen LogP contribution in [0.3, 0.4) is 0 Å². The average molecular weight is 195 g/mol. The number of aryl methyl sites for hydroxylation is 1. The van der Waals surface area contributed by atoms with Crippen LogP contribution in [0, 0.1) is 5.41 Å². The molecule has 1 aromatic heterocycles. The standard InChI is InChI=1S/C10H17N3O/c1-10(2)7(6-8(10)14)11-9-4-5-13(3)12-9/h4-5,7-8,14H,6H2,1-3H3,(H,11,12). The summed E-state index contributed by atoms with van der Waals surface area (Å²) >= 11 is 0. The van der Waals surface area contributed by atoms with Crippen molar-refractivity contribution in [2.75, 3.05) is 5.32 Å². The fourth-order valence-corrected chi connectivity index (χ4v) is 1.82. The van der Waals surface area contributed by atoms with Gasteiger partial charge in [0.15, 0.2) is 0 Å². The highest BCUT2D eigenvalue weighted by molar-refractivity contribution is 5.36. The number of hydrogen-bond donors (Lipinski definition) is 2. The molecule has 2 atom stereocenters. The first-order chi connectivity index (χ1) is 6.50. The van der Waals surface area contributed by atoms with Crippen molar-refractivity contribution in [1.29, 1.82) is 0 Å². The van der Waals surface area contributed by atoms with E-state index in [-0.39, 0.29) is 11.5 Å². The van der Waals surface area contributed by atoms with Gasteiger partial charge in [0, 0.05) is 30.8 Å². The van der Waals surface area contributed by atoms with Gasteiger partial charge in [-0.15, -0.1) is 0 Å². The Morgan fingerprint density at radius 2 is 2.36 bits per heavy atom. The van der Waals surface area contributed by atoms with Crippen molar-refractivity contribution in [2.45, 2.75) is 32.4 Å². The van der Waals surface area contributed by atoms with E-state index in [4.69, 9.17) is 0 Å². The molecule has 0 aromatic carbocycles. The molecule has 0 bridgehead atoms. The molecule has 1 saturated carbocycles. The summed E-state index contributed by atoms with van der Waals surface area (Å²) in [6.45, 7) is 4.14. The van der Waals surface area contributed by atoms with Crippen LogP contribution >= 0.6 is 0 Å². The topological polar surface area (TPSA) is 50.1 Å². The second kappa shape index (κ2) is 2.98. The lowest BCUT2D eigenvalue weighted by molar-refractivity contribution is -0.0511. The van der Waals surface area contributed by atoms with Gasteiger partial charge in [-0.05, 0) is 6.42 Å². The van der Waals surface area contributed by atoms with Crippen LogP contribution in [0.1, 0.15) is 20.3 Å². The molecule has 1 aliphatic rings. The minimum Gasteiger partial charge on any atom is -0.392 e. The number of aliphatic hydroxyl groups is 1. The van der Waals surface area contributed by atoms with Crippen molar-refractivity contribution < 1.29 is 5.11 Å². The molecule has 1 fully saturated rings. The fourth-order valence-electron chi connectivity index (χ4n) is 1.82. The van der Waals surface area contributed by atoms with E-state index in [1.807, 2.05) is 19.3 Å². The second-order valence-corrected chi connectivity index (χ2v) is 4.64. The Labute approximate surface area is 83.9 Å². The number of nitrogens with zero attached hydrogens (tertiary/aromatic N) is 2. The monoisotopic (exact) mass is 195 g/mol. The van der Waals surface area contributed by atoms with Crippen LogP contribution in [0.5, 0.6) is 0 Å². The summed E-state index contributed by atoms with van der Waals surface area (Å²) in [6, 6.07) is 2.27. The maximum absolute atomic E-state index is 9.56. The number of aliphatic hydroxyl groups excluding tert-OH is 1. The van der Waals surface area contributed by atoms with E-state index < -0.39 is 0 Å².